The van der Waals surface area contributed by atoms with E-state index in [9.17, 15) is 0 Å². The minimum Gasteiger partial charge on any atom is -0.0736 e. The SMILES string of the molecule is C[Si](C)(C1=CC2C=CC=CC2=C1)C1=Cc2ccccc2C1.[Zr]. The van der Waals surface area contributed by atoms with Crippen LogP contribution >= 0.6 is 0 Å². The predicted octanol–water partition coefficient (Wildman–Crippen LogP) is 5.02. The standard InChI is InChI=1S/C20H20Si.Zr/c1-21(2,19-11-15-7-3-4-8-16(15)12-19)20-13-17-9-5-6-10-18(17)14-20;/h3-13,15H,14H2,1-2H3;. The maximum Gasteiger partial charge on any atom is 0.107 e. The molecule has 0 nitrogen and oxygen atoms in total. The van der Waals surface area contributed by atoms with Gasteiger partial charge in [-0.1, -0.05) is 90.3 Å². The normalized spacial score (nSPS) is 21.5. The van der Waals surface area contributed by atoms with Gasteiger partial charge in [0, 0.05) is 32.1 Å². The van der Waals surface area contributed by atoms with E-state index in [1.807, 2.05) is 0 Å². The van der Waals surface area contributed by atoms with Crippen LogP contribution < -0.4 is 0 Å². The molecule has 0 saturated heterocycles. The summed E-state index contributed by atoms with van der Waals surface area (Å²) in [5.74, 6) is 0.515. The van der Waals surface area contributed by atoms with Gasteiger partial charge in [0.25, 0.3) is 0 Å². The van der Waals surface area contributed by atoms with Crippen LogP contribution in [0.3, 0.4) is 0 Å². The fourth-order valence-electron chi connectivity index (χ4n) is 3.55. The van der Waals surface area contributed by atoms with Crippen molar-refractivity contribution >= 4 is 14.1 Å². The van der Waals surface area contributed by atoms with E-state index < -0.39 is 8.07 Å². The van der Waals surface area contributed by atoms with Crippen molar-refractivity contribution in [2.75, 3.05) is 0 Å². The van der Waals surface area contributed by atoms with Crippen molar-refractivity contribution in [3.63, 3.8) is 0 Å². The molecule has 0 fully saturated rings. The Labute approximate surface area is 153 Å². The van der Waals surface area contributed by atoms with Crippen LogP contribution in [0.15, 0.2) is 76.7 Å². The van der Waals surface area contributed by atoms with Crippen LogP contribution in [0.25, 0.3) is 6.08 Å². The van der Waals surface area contributed by atoms with Gasteiger partial charge in [0.15, 0.2) is 0 Å². The van der Waals surface area contributed by atoms with Gasteiger partial charge in [0.2, 0.25) is 0 Å². The van der Waals surface area contributed by atoms with Gasteiger partial charge < -0.3 is 0 Å². The molecule has 0 heterocycles. The fourth-order valence-corrected chi connectivity index (χ4v) is 6.19. The van der Waals surface area contributed by atoms with E-state index in [0.29, 0.717) is 5.92 Å². The summed E-state index contributed by atoms with van der Waals surface area (Å²) in [5.41, 5.74) is 4.39. The Morgan fingerprint density at radius 2 is 1.86 bits per heavy atom. The Morgan fingerprint density at radius 1 is 1.05 bits per heavy atom. The third kappa shape index (κ3) is 2.57. The van der Waals surface area contributed by atoms with Crippen LogP contribution in [0.5, 0.6) is 0 Å². The van der Waals surface area contributed by atoms with Gasteiger partial charge >= 0.3 is 0 Å². The molecule has 2 heteroatoms. The number of rotatable bonds is 2. The number of benzene rings is 1. The zero-order chi connectivity index (χ0) is 14.4. The summed E-state index contributed by atoms with van der Waals surface area (Å²) in [7, 11) is -1.55. The van der Waals surface area contributed by atoms with E-state index in [4.69, 9.17) is 0 Å². The summed E-state index contributed by atoms with van der Waals surface area (Å²) >= 11 is 0. The van der Waals surface area contributed by atoms with Gasteiger partial charge in [-0.3, -0.25) is 0 Å². The van der Waals surface area contributed by atoms with Crippen molar-refractivity contribution in [3.8, 4) is 0 Å². The molecular weight excluding hydrogens is 360 g/mol. The largest absolute Gasteiger partial charge is 0.107 e. The molecule has 1 aromatic carbocycles. The number of fused-ring (bicyclic) bond motifs is 2. The monoisotopic (exact) mass is 378 g/mol. The van der Waals surface area contributed by atoms with Gasteiger partial charge in [-0.05, 0) is 23.1 Å². The first-order valence-corrected chi connectivity index (χ1v) is 10.7. The molecule has 22 heavy (non-hydrogen) atoms. The Kier molecular flexibility index (Phi) is 4.27. The van der Waals surface area contributed by atoms with Gasteiger partial charge in [-0.2, -0.15) is 0 Å². The van der Waals surface area contributed by atoms with E-state index in [1.165, 1.54) is 16.7 Å². The first-order chi connectivity index (χ1) is 10.1. The van der Waals surface area contributed by atoms with Crippen LogP contribution in [0.4, 0.5) is 0 Å². The molecule has 1 aromatic rings. The van der Waals surface area contributed by atoms with E-state index in [-0.39, 0.29) is 26.2 Å². The zero-order valence-corrected chi connectivity index (χ0v) is 16.6. The minimum atomic E-state index is -1.55. The van der Waals surface area contributed by atoms with Crippen LogP contribution in [0.2, 0.25) is 13.1 Å². The molecule has 0 spiro atoms. The van der Waals surface area contributed by atoms with Gasteiger partial charge in [-0.25, -0.2) is 0 Å². The van der Waals surface area contributed by atoms with Crippen LogP contribution in [0, 0.1) is 5.92 Å². The molecule has 1 atom stereocenters. The second-order valence-electron chi connectivity index (χ2n) is 6.71. The molecule has 0 saturated carbocycles. The molecular formula is C20H20SiZr. The summed E-state index contributed by atoms with van der Waals surface area (Å²) in [6.45, 7) is 5.00. The van der Waals surface area contributed by atoms with Crippen molar-refractivity contribution in [2.24, 2.45) is 5.92 Å². The molecule has 0 N–H and O–H groups in total. The van der Waals surface area contributed by atoms with Crippen LogP contribution in [0.1, 0.15) is 11.1 Å². The Bertz CT molecular complexity index is 760. The van der Waals surface area contributed by atoms with E-state index in [1.54, 1.807) is 10.4 Å². The zero-order valence-electron chi connectivity index (χ0n) is 13.1. The molecule has 0 bridgehead atoms. The maximum atomic E-state index is 2.50. The smallest absolute Gasteiger partial charge is 0.0736 e. The van der Waals surface area contributed by atoms with Crippen LogP contribution in [-0.4, -0.2) is 8.07 Å². The molecule has 0 aliphatic heterocycles. The first-order valence-electron chi connectivity index (χ1n) is 7.72. The molecule has 3 aliphatic rings. The molecule has 1 unspecified atom stereocenters. The Balaban J connectivity index is 0.00000144. The quantitative estimate of drug-likeness (QED) is 0.633. The second-order valence-corrected chi connectivity index (χ2v) is 11.2. The predicted molar refractivity (Wildman–Crippen MR) is 93.5 cm³/mol. The summed E-state index contributed by atoms with van der Waals surface area (Å²) in [6, 6.07) is 8.83. The molecule has 0 radical (unpaired) electrons. The average molecular weight is 380 g/mol. The van der Waals surface area contributed by atoms with E-state index >= 15 is 0 Å². The van der Waals surface area contributed by atoms with Crippen molar-refractivity contribution in [1.82, 2.24) is 0 Å². The summed E-state index contributed by atoms with van der Waals surface area (Å²) in [6.07, 6.45) is 17.4. The topological polar surface area (TPSA) is 0 Å². The van der Waals surface area contributed by atoms with Crippen molar-refractivity contribution in [2.45, 2.75) is 19.5 Å². The Hall–Kier alpha value is -0.980. The van der Waals surface area contributed by atoms with Gasteiger partial charge in [-0.15, -0.1) is 0 Å². The van der Waals surface area contributed by atoms with Crippen molar-refractivity contribution in [1.29, 1.82) is 0 Å². The number of allylic oxidation sites excluding steroid dienone is 9. The second kappa shape index (κ2) is 5.91. The van der Waals surface area contributed by atoms with Crippen LogP contribution in [-0.2, 0) is 32.6 Å². The summed E-state index contributed by atoms with van der Waals surface area (Å²) in [5, 5.41) is 3.26. The summed E-state index contributed by atoms with van der Waals surface area (Å²) < 4.78 is 0. The van der Waals surface area contributed by atoms with Crippen molar-refractivity contribution < 1.29 is 26.2 Å². The molecule has 0 aromatic heterocycles. The third-order valence-corrected chi connectivity index (χ3v) is 8.76. The van der Waals surface area contributed by atoms with E-state index in [2.05, 4.69) is 79.9 Å². The number of hydrogen-bond donors (Lipinski definition) is 0. The minimum absolute atomic E-state index is 0. The maximum absolute atomic E-state index is 2.50. The third-order valence-electron chi connectivity index (χ3n) is 5.07. The van der Waals surface area contributed by atoms with E-state index in [0.717, 1.165) is 6.42 Å². The molecule has 4 rings (SSSR count). The van der Waals surface area contributed by atoms with Crippen molar-refractivity contribution in [3.05, 3.63) is 87.8 Å². The average Bonchev–Trinajstić information content (AvgIpc) is 3.11. The molecule has 0 amide bonds. The summed E-state index contributed by atoms with van der Waals surface area (Å²) in [4.78, 5) is 0. The number of hydrogen-bond acceptors (Lipinski definition) is 0. The first kappa shape index (κ1) is 15.9. The van der Waals surface area contributed by atoms with Gasteiger partial charge in [0.1, 0.15) is 8.07 Å². The Morgan fingerprint density at radius 3 is 2.64 bits per heavy atom. The fraction of sp³-hybridized carbons (Fsp3) is 0.200. The van der Waals surface area contributed by atoms with Gasteiger partial charge in [0.05, 0.1) is 0 Å². The molecule has 108 valence electrons. The molecule has 3 aliphatic carbocycles.